The van der Waals surface area contributed by atoms with Crippen LogP contribution in [0.15, 0.2) is 114 Å². The van der Waals surface area contributed by atoms with Gasteiger partial charge in [-0.15, -0.1) is 11.8 Å². The summed E-state index contributed by atoms with van der Waals surface area (Å²) >= 11 is 7.44. The molecular weight excluding hydrogens is 610 g/mol. The summed E-state index contributed by atoms with van der Waals surface area (Å²) in [6, 6.07) is 29.1. The fourth-order valence-electron chi connectivity index (χ4n) is 3.97. The normalized spacial score (nSPS) is 10.9. The van der Waals surface area contributed by atoms with E-state index in [9.17, 15) is 19.2 Å². The van der Waals surface area contributed by atoms with Crippen molar-refractivity contribution in [3.63, 3.8) is 0 Å². The van der Waals surface area contributed by atoms with Crippen molar-refractivity contribution in [3.05, 3.63) is 131 Å². The maximum absolute atomic E-state index is 13.2. The minimum absolute atomic E-state index is 0.0441. The quantitative estimate of drug-likeness (QED) is 0.0605. The van der Waals surface area contributed by atoms with Crippen LogP contribution in [-0.4, -0.2) is 36.1 Å². The summed E-state index contributed by atoms with van der Waals surface area (Å²) in [6.45, 7) is 2.40. The number of carbonyl (C=O) groups is 4. The predicted octanol–water partition coefficient (Wildman–Crippen LogP) is 7.44. The highest BCUT2D eigenvalue weighted by Gasteiger charge is 2.15. The maximum Gasteiger partial charge on any atom is 0.338 e. The van der Waals surface area contributed by atoms with E-state index in [1.165, 1.54) is 11.8 Å². The Bertz CT molecular complexity index is 1660. The molecule has 0 atom stereocenters. The molecule has 0 heterocycles. The number of amides is 3. The van der Waals surface area contributed by atoms with Crippen molar-refractivity contribution in [3.8, 4) is 0 Å². The average molecular weight is 642 g/mol. The monoisotopic (exact) mass is 641 g/mol. The Balaban J connectivity index is 1.32. The van der Waals surface area contributed by atoms with E-state index < -0.39 is 11.8 Å². The third-order valence-corrected chi connectivity index (χ3v) is 7.55. The van der Waals surface area contributed by atoms with Gasteiger partial charge in [0.25, 0.3) is 11.8 Å². The first-order valence-electron chi connectivity index (χ1n) is 14.3. The van der Waals surface area contributed by atoms with E-state index in [-0.39, 0.29) is 23.3 Å². The van der Waals surface area contributed by atoms with Crippen LogP contribution in [0.5, 0.6) is 0 Å². The minimum Gasteiger partial charge on any atom is -0.462 e. The first-order valence-corrected chi connectivity index (χ1v) is 15.6. The van der Waals surface area contributed by atoms with Gasteiger partial charge in [0, 0.05) is 26.9 Å². The number of benzene rings is 4. The van der Waals surface area contributed by atoms with E-state index in [4.69, 9.17) is 16.3 Å². The zero-order chi connectivity index (χ0) is 32.0. The zero-order valence-electron chi connectivity index (χ0n) is 24.5. The highest BCUT2D eigenvalue weighted by Crippen LogP contribution is 2.22. The lowest BCUT2D eigenvalue weighted by Gasteiger charge is -2.12. The molecule has 8 nitrogen and oxygen atoms in total. The minimum atomic E-state index is -0.515. The second kappa shape index (κ2) is 16.8. The van der Waals surface area contributed by atoms with Gasteiger partial charge in [-0.2, -0.15) is 0 Å². The molecule has 10 heteroatoms. The Morgan fingerprint density at radius 1 is 0.800 bits per heavy atom. The second-order valence-corrected chi connectivity index (χ2v) is 11.3. The van der Waals surface area contributed by atoms with Crippen molar-refractivity contribution in [1.29, 1.82) is 0 Å². The lowest BCUT2D eigenvalue weighted by atomic mass is 10.1. The highest BCUT2D eigenvalue weighted by atomic mass is 35.5. The van der Waals surface area contributed by atoms with Gasteiger partial charge >= 0.3 is 5.97 Å². The van der Waals surface area contributed by atoms with Crippen molar-refractivity contribution in [2.45, 2.75) is 24.7 Å². The standard InChI is InChI=1S/C35H32ClN3O5S/c1-2-3-20-44-35(43)26-12-14-28(15-13-26)37-32(40)23-45-30-18-16-29(17-19-30)38-34(42)31(22-24-8-7-11-27(36)21-24)39-33(41)25-9-5-4-6-10-25/h4-19,21-22H,2-3,20,23H2,1H3,(H,37,40)(H,38,42)(H,39,41)/b31-22-. The maximum atomic E-state index is 13.2. The van der Waals surface area contributed by atoms with Crippen LogP contribution in [0.3, 0.4) is 0 Å². The molecule has 4 aromatic rings. The fraction of sp³-hybridized carbons (Fsp3) is 0.143. The number of carbonyl (C=O) groups excluding carboxylic acids is 4. The first-order chi connectivity index (χ1) is 21.8. The van der Waals surface area contributed by atoms with Crippen LogP contribution in [0.25, 0.3) is 6.08 Å². The van der Waals surface area contributed by atoms with E-state index in [1.807, 2.05) is 6.92 Å². The SMILES string of the molecule is CCCCOC(=O)c1ccc(NC(=O)CSc2ccc(NC(=O)/C(=C/c3cccc(Cl)c3)NC(=O)c3ccccc3)cc2)cc1. The molecule has 4 rings (SSSR count). The van der Waals surface area contributed by atoms with E-state index in [2.05, 4.69) is 16.0 Å². The number of unbranched alkanes of at least 4 members (excludes halogenated alkanes) is 1. The number of nitrogens with one attached hydrogen (secondary N) is 3. The first kappa shape index (κ1) is 33.0. The molecule has 230 valence electrons. The molecule has 0 spiro atoms. The van der Waals surface area contributed by atoms with E-state index in [0.29, 0.717) is 39.7 Å². The van der Waals surface area contributed by atoms with Gasteiger partial charge in [-0.05, 0) is 90.9 Å². The van der Waals surface area contributed by atoms with Gasteiger partial charge in [-0.3, -0.25) is 14.4 Å². The average Bonchev–Trinajstić information content (AvgIpc) is 3.05. The molecule has 0 aliphatic heterocycles. The van der Waals surface area contributed by atoms with Crippen LogP contribution in [-0.2, 0) is 14.3 Å². The van der Waals surface area contributed by atoms with Crippen LogP contribution in [0, 0.1) is 0 Å². The predicted molar refractivity (Wildman–Crippen MR) is 179 cm³/mol. The van der Waals surface area contributed by atoms with E-state index >= 15 is 0 Å². The van der Waals surface area contributed by atoms with Crippen molar-refractivity contribution >= 4 is 64.5 Å². The van der Waals surface area contributed by atoms with E-state index in [1.54, 1.807) is 109 Å². The summed E-state index contributed by atoms with van der Waals surface area (Å²) in [7, 11) is 0. The number of rotatable bonds is 13. The zero-order valence-corrected chi connectivity index (χ0v) is 26.1. The molecule has 3 N–H and O–H groups in total. The van der Waals surface area contributed by atoms with Crippen LogP contribution in [0.1, 0.15) is 46.0 Å². The molecule has 0 aliphatic carbocycles. The van der Waals surface area contributed by atoms with Gasteiger partial charge in [0.2, 0.25) is 5.91 Å². The lowest BCUT2D eigenvalue weighted by molar-refractivity contribution is -0.114. The molecule has 0 aliphatic rings. The van der Waals surface area contributed by atoms with Crippen LogP contribution < -0.4 is 16.0 Å². The Labute approximate surface area is 271 Å². The van der Waals surface area contributed by atoms with Crippen LogP contribution >= 0.6 is 23.4 Å². The Kier molecular flexibility index (Phi) is 12.4. The van der Waals surface area contributed by atoms with Gasteiger partial charge in [-0.1, -0.05) is 55.3 Å². The molecule has 0 radical (unpaired) electrons. The fourth-order valence-corrected chi connectivity index (χ4v) is 4.86. The molecule has 0 saturated heterocycles. The number of anilines is 2. The summed E-state index contributed by atoms with van der Waals surface area (Å²) in [5, 5.41) is 8.82. The highest BCUT2D eigenvalue weighted by molar-refractivity contribution is 8.00. The Morgan fingerprint density at radius 2 is 1.49 bits per heavy atom. The van der Waals surface area contributed by atoms with E-state index in [0.717, 1.165) is 17.7 Å². The van der Waals surface area contributed by atoms with Crippen LogP contribution in [0.2, 0.25) is 5.02 Å². The molecule has 0 bridgehead atoms. The second-order valence-electron chi connectivity index (χ2n) is 9.82. The molecule has 0 aromatic heterocycles. The third kappa shape index (κ3) is 10.7. The Morgan fingerprint density at radius 3 is 2.18 bits per heavy atom. The number of halogens is 1. The number of hydrogen-bond acceptors (Lipinski definition) is 6. The van der Waals surface area contributed by atoms with Gasteiger partial charge in [0.15, 0.2) is 0 Å². The Hall–Kier alpha value is -4.86. The van der Waals surface area contributed by atoms with Crippen molar-refractivity contribution in [1.82, 2.24) is 5.32 Å². The summed E-state index contributed by atoms with van der Waals surface area (Å²) in [4.78, 5) is 51.4. The smallest absolute Gasteiger partial charge is 0.338 e. The lowest BCUT2D eigenvalue weighted by Crippen LogP contribution is -2.30. The largest absolute Gasteiger partial charge is 0.462 e. The van der Waals surface area contributed by atoms with Crippen molar-refractivity contribution < 1.29 is 23.9 Å². The number of ether oxygens (including phenoxy) is 1. The number of esters is 1. The number of thioether (sulfide) groups is 1. The van der Waals surface area contributed by atoms with Crippen molar-refractivity contribution in [2.75, 3.05) is 23.0 Å². The summed E-state index contributed by atoms with van der Waals surface area (Å²) in [5.74, 6) is -1.38. The number of hydrogen-bond donors (Lipinski definition) is 3. The molecule has 0 saturated carbocycles. The van der Waals surface area contributed by atoms with Gasteiger partial charge in [0.05, 0.1) is 17.9 Å². The molecule has 4 aromatic carbocycles. The molecule has 3 amide bonds. The van der Waals surface area contributed by atoms with Crippen LogP contribution in [0.4, 0.5) is 11.4 Å². The summed E-state index contributed by atoms with van der Waals surface area (Å²) in [6.07, 6.45) is 3.31. The topological polar surface area (TPSA) is 114 Å². The molecule has 0 fully saturated rings. The third-order valence-electron chi connectivity index (χ3n) is 6.31. The molecule has 45 heavy (non-hydrogen) atoms. The van der Waals surface area contributed by atoms with Gasteiger partial charge < -0.3 is 20.7 Å². The molecular formula is C35H32ClN3O5S. The van der Waals surface area contributed by atoms with Gasteiger partial charge in [0.1, 0.15) is 5.70 Å². The van der Waals surface area contributed by atoms with Crippen molar-refractivity contribution in [2.24, 2.45) is 0 Å². The summed E-state index contributed by atoms with van der Waals surface area (Å²) in [5.41, 5.74) is 2.61. The van der Waals surface area contributed by atoms with Gasteiger partial charge in [-0.25, -0.2) is 4.79 Å². The summed E-state index contributed by atoms with van der Waals surface area (Å²) < 4.78 is 5.20. The molecule has 0 unspecified atom stereocenters.